The zero-order valence-electron chi connectivity index (χ0n) is 15.1. The van der Waals surface area contributed by atoms with Gasteiger partial charge in [-0.2, -0.15) is 30.4 Å². The Morgan fingerprint density at radius 1 is 1.23 bits per heavy atom. The minimum absolute atomic E-state index is 0.0944. The van der Waals surface area contributed by atoms with Crippen LogP contribution in [0.25, 0.3) is 0 Å². The molecule has 30 heavy (non-hydrogen) atoms. The second-order valence-corrected chi connectivity index (χ2v) is 9.24. The van der Waals surface area contributed by atoms with Crippen LogP contribution in [0.4, 0.5) is 22.0 Å². The van der Waals surface area contributed by atoms with Crippen LogP contribution in [0.2, 0.25) is 0 Å². The SMILES string of the molecule is C=CC1(Oc2cc(C(=O)OC(C(F)(F)F)C(F)(F)S(=O)(=O)O)ccc2I)CCCC1. The molecule has 168 valence electrons. The number of halogens is 6. The number of ether oxygens (including phenoxy) is 2. The van der Waals surface area contributed by atoms with Crippen molar-refractivity contribution in [3.8, 4) is 5.75 Å². The van der Waals surface area contributed by atoms with Crippen LogP contribution in [-0.2, 0) is 14.9 Å². The predicted molar refractivity (Wildman–Crippen MR) is 103 cm³/mol. The number of alkyl halides is 5. The summed E-state index contributed by atoms with van der Waals surface area (Å²) in [5.41, 5.74) is -1.32. The van der Waals surface area contributed by atoms with E-state index in [1.807, 2.05) is 22.6 Å². The largest absolute Gasteiger partial charge is 0.482 e. The monoisotopic (exact) mass is 570 g/mol. The first-order valence-electron chi connectivity index (χ1n) is 8.38. The summed E-state index contributed by atoms with van der Waals surface area (Å²) in [5, 5.41) is -5.81. The van der Waals surface area contributed by atoms with Crippen molar-refractivity contribution < 1.29 is 49.2 Å². The number of esters is 1. The Balaban J connectivity index is 2.35. The Morgan fingerprint density at radius 2 is 1.80 bits per heavy atom. The van der Waals surface area contributed by atoms with E-state index in [-0.39, 0.29) is 5.75 Å². The molecule has 1 aliphatic rings. The van der Waals surface area contributed by atoms with Crippen LogP contribution in [0.3, 0.4) is 0 Å². The molecule has 1 aromatic carbocycles. The van der Waals surface area contributed by atoms with E-state index in [4.69, 9.17) is 9.29 Å². The lowest BCUT2D eigenvalue weighted by Gasteiger charge is -2.28. The van der Waals surface area contributed by atoms with E-state index in [0.29, 0.717) is 16.4 Å². The van der Waals surface area contributed by atoms with Crippen LogP contribution in [0, 0.1) is 3.57 Å². The molecule has 6 nitrogen and oxygen atoms in total. The van der Waals surface area contributed by atoms with Crippen molar-refractivity contribution in [1.29, 1.82) is 0 Å². The molecule has 1 unspecified atom stereocenters. The van der Waals surface area contributed by atoms with Gasteiger partial charge in [0, 0.05) is 0 Å². The summed E-state index contributed by atoms with van der Waals surface area (Å²) in [5.74, 6) is -1.78. The van der Waals surface area contributed by atoms with Crippen LogP contribution in [0.5, 0.6) is 5.75 Å². The highest BCUT2D eigenvalue weighted by Gasteiger charge is 2.66. The predicted octanol–water partition coefficient (Wildman–Crippen LogP) is 4.74. The first-order valence-corrected chi connectivity index (χ1v) is 10.9. The van der Waals surface area contributed by atoms with Crippen molar-refractivity contribution in [1.82, 2.24) is 0 Å². The smallest absolute Gasteiger partial charge is 0.432 e. The maximum Gasteiger partial charge on any atom is 0.432 e. The van der Waals surface area contributed by atoms with Gasteiger partial charge in [-0.3, -0.25) is 4.55 Å². The van der Waals surface area contributed by atoms with E-state index in [0.717, 1.165) is 25.0 Å². The molecule has 0 heterocycles. The summed E-state index contributed by atoms with van der Waals surface area (Å²) >= 11 is 1.85. The summed E-state index contributed by atoms with van der Waals surface area (Å²) in [7, 11) is -6.52. The Morgan fingerprint density at radius 3 is 2.27 bits per heavy atom. The van der Waals surface area contributed by atoms with Crippen LogP contribution < -0.4 is 4.74 Å². The Kier molecular flexibility index (Phi) is 7.08. The van der Waals surface area contributed by atoms with Crippen LogP contribution in [-0.4, -0.2) is 42.1 Å². The summed E-state index contributed by atoms with van der Waals surface area (Å²) in [6, 6.07) is 3.31. The lowest BCUT2D eigenvalue weighted by molar-refractivity contribution is -0.248. The van der Waals surface area contributed by atoms with E-state index in [2.05, 4.69) is 11.3 Å². The zero-order chi connectivity index (χ0) is 23.0. The minimum atomic E-state index is -6.52. The highest BCUT2D eigenvalue weighted by Crippen LogP contribution is 2.40. The minimum Gasteiger partial charge on any atom is -0.482 e. The third-order valence-corrected chi connectivity index (χ3v) is 6.27. The van der Waals surface area contributed by atoms with Gasteiger partial charge in [-0.05, 0) is 72.5 Å². The molecule has 0 aromatic heterocycles. The van der Waals surface area contributed by atoms with E-state index in [1.165, 1.54) is 6.07 Å². The lowest BCUT2D eigenvalue weighted by atomic mass is 10.0. The zero-order valence-corrected chi connectivity index (χ0v) is 18.1. The van der Waals surface area contributed by atoms with E-state index in [1.54, 1.807) is 6.08 Å². The fourth-order valence-electron chi connectivity index (χ4n) is 2.89. The molecular weight excluding hydrogens is 554 g/mol. The Hall–Kier alpha value is -1.48. The van der Waals surface area contributed by atoms with Gasteiger partial charge >= 0.3 is 27.5 Å². The molecular formula is C17H16F5IO6S. The second-order valence-electron chi connectivity index (χ2n) is 6.59. The van der Waals surface area contributed by atoms with Gasteiger partial charge in [0.05, 0.1) is 9.13 Å². The lowest BCUT2D eigenvalue weighted by Crippen LogP contribution is -2.52. The topological polar surface area (TPSA) is 89.9 Å². The summed E-state index contributed by atoms with van der Waals surface area (Å²) in [4.78, 5) is 12.1. The molecule has 1 fully saturated rings. The van der Waals surface area contributed by atoms with Gasteiger partial charge in [-0.25, -0.2) is 4.79 Å². The number of rotatable bonds is 7. The van der Waals surface area contributed by atoms with E-state index < -0.39 is 44.8 Å². The van der Waals surface area contributed by atoms with Gasteiger partial charge in [0.25, 0.3) is 6.10 Å². The standard InChI is InChI=1S/C17H16F5IO6S/c1-2-15(7-3-4-8-15)29-12-9-10(5-6-11(12)23)13(24)28-14(16(18,19)20)17(21,22)30(25,26)27/h2,5-6,9,14H,1,3-4,7-8H2,(H,25,26,27). The molecule has 1 saturated carbocycles. The van der Waals surface area contributed by atoms with E-state index >= 15 is 0 Å². The van der Waals surface area contributed by atoms with Crippen molar-refractivity contribution in [2.45, 2.75) is 48.8 Å². The Bertz CT molecular complexity index is 925. The number of hydrogen-bond acceptors (Lipinski definition) is 5. The molecule has 0 radical (unpaired) electrons. The Labute approximate surface area is 182 Å². The number of carbonyl (C=O) groups is 1. The summed E-state index contributed by atoms with van der Waals surface area (Å²) in [6.07, 6.45) is -5.87. The average Bonchev–Trinajstić information content (AvgIpc) is 3.08. The molecule has 1 atom stereocenters. The second kappa shape index (κ2) is 8.57. The van der Waals surface area contributed by atoms with Crippen molar-refractivity contribution >= 4 is 38.7 Å². The van der Waals surface area contributed by atoms with Gasteiger partial charge < -0.3 is 9.47 Å². The third kappa shape index (κ3) is 5.22. The van der Waals surface area contributed by atoms with Gasteiger partial charge in [-0.1, -0.05) is 6.58 Å². The highest BCUT2D eigenvalue weighted by atomic mass is 127. The molecule has 1 aromatic rings. The normalized spacial score (nSPS) is 18.0. The summed E-state index contributed by atoms with van der Waals surface area (Å²) in [6.45, 7) is 3.71. The number of hydrogen-bond donors (Lipinski definition) is 1. The van der Waals surface area contributed by atoms with Crippen molar-refractivity contribution in [3.63, 3.8) is 0 Å². The molecule has 1 N–H and O–H groups in total. The molecule has 0 amide bonds. The third-order valence-electron chi connectivity index (χ3n) is 4.47. The quantitative estimate of drug-likeness (QED) is 0.168. The molecule has 0 spiro atoms. The molecule has 0 saturated heterocycles. The first-order chi connectivity index (χ1) is 13.6. The summed E-state index contributed by atoms with van der Waals surface area (Å²) < 4.78 is 106. The fraction of sp³-hybridized carbons (Fsp3) is 0.471. The number of carbonyl (C=O) groups excluding carboxylic acids is 1. The van der Waals surface area contributed by atoms with Crippen molar-refractivity contribution in [2.24, 2.45) is 0 Å². The first kappa shape index (κ1) is 24.8. The maximum atomic E-state index is 13.6. The van der Waals surface area contributed by atoms with Gasteiger partial charge in [0.2, 0.25) is 0 Å². The van der Waals surface area contributed by atoms with Crippen molar-refractivity contribution in [2.75, 3.05) is 0 Å². The molecule has 13 heteroatoms. The molecule has 0 aliphatic heterocycles. The molecule has 2 rings (SSSR count). The molecule has 1 aliphatic carbocycles. The van der Waals surface area contributed by atoms with Gasteiger partial charge in [0.15, 0.2) is 0 Å². The van der Waals surface area contributed by atoms with Crippen LogP contribution in [0.15, 0.2) is 30.9 Å². The molecule has 0 bridgehead atoms. The van der Waals surface area contributed by atoms with E-state index in [9.17, 15) is 35.2 Å². The highest BCUT2D eigenvalue weighted by molar-refractivity contribution is 14.1. The van der Waals surface area contributed by atoms with Crippen LogP contribution in [0.1, 0.15) is 36.0 Å². The van der Waals surface area contributed by atoms with Gasteiger partial charge in [-0.15, -0.1) is 0 Å². The van der Waals surface area contributed by atoms with Crippen molar-refractivity contribution in [3.05, 3.63) is 40.0 Å². The van der Waals surface area contributed by atoms with Gasteiger partial charge in [0.1, 0.15) is 11.4 Å². The van der Waals surface area contributed by atoms with Crippen LogP contribution >= 0.6 is 22.6 Å². The maximum absolute atomic E-state index is 13.6. The fourth-order valence-corrected chi connectivity index (χ4v) is 3.78. The number of benzene rings is 1. The average molecular weight is 570 g/mol.